The van der Waals surface area contributed by atoms with E-state index in [0.29, 0.717) is 0 Å². The van der Waals surface area contributed by atoms with Gasteiger partial charge in [-0.3, -0.25) is 0 Å². The van der Waals surface area contributed by atoms with Crippen molar-refractivity contribution in [3.05, 3.63) is 152 Å². The zero-order chi connectivity index (χ0) is 25.3. The largest absolute Gasteiger partial charge is 0.310 e. The quantitative estimate of drug-likeness (QED) is 0.226. The van der Waals surface area contributed by atoms with Crippen LogP contribution in [-0.4, -0.2) is 0 Å². The third-order valence-corrected chi connectivity index (χ3v) is 8.30. The molecule has 1 aromatic heterocycles. The highest BCUT2D eigenvalue weighted by Crippen LogP contribution is 2.43. The van der Waals surface area contributed by atoms with Gasteiger partial charge >= 0.3 is 0 Å². The van der Waals surface area contributed by atoms with Crippen LogP contribution in [0.3, 0.4) is 0 Å². The minimum Gasteiger partial charge on any atom is -0.310 e. The molecule has 0 saturated carbocycles. The van der Waals surface area contributed by atoms with E-state index in [1.54, 1.807) is 0 Å². The Kier molecular flexibility index (Phi) is 5.73. The van der Waals surface area contributed by atoms with Crippen LogP contribution in [0, 0.1) is 0 Å². The lowest BCUT2D eigenvalue weighted by atomic mass is 10.0. The van der Waals surface area contributed by atoms with E-state index in [4.69, 9.17) is 0 Å². The number of benzene rings is 6. The maximum Gasteiger partial charge on any atom is 0.0540 e. The lowest BCUT2D eigenvalue weighted by Crippen LogP contribution is -2.11. The van der Waals surface area contributed by atoms with Crippen LogP contribution in [0.1, 0.15) is 0 Å². The molecule has 0 atom stereocenters. The SMILES string of the molecule is c1ccc(-c2ccccc2N(c2ccccc2)c2ccc(-c3cccc4c3sc3ccccc34)cc2)cc1. The van der Waals surface area contributed by atoms with Gasteiger partial charge in [0, 0.05) is 37.1 Å². The summed E-state index contributed by atoms with van der Waals surface area (Å²) in [6.07, 6.45) is 0. The van der Waals surface area contributed by atoms with E-state index in [1.165, 1.54) is 42.4 Å². The van der Waals surface area contributed by atoms with E-state index < -0.39 is 0 Å². The average molecular weight is 504 g/mol. The Morgan fingerprint density at radius 3 is 1.79 bits per heavy atom. The van der Waals surface area contributed by atoms with Crippen molar-refractivity contribution >= 4 is 48.6 Å². The molecule has 0 N–H and O–H groups in total. The van der Waals surface area contributed by atoms with E-state index in [0.717, 1.165) is 17.1 Å². The van der Waals surface area contributed by atoms with Crippen molar-refractivity contribution in [2.75, 3.05) is 4.90 Å². The molecule has 0 aliphatic carbocycles. The molecule has 180 valence electrons. The Balaban J connectivity index is 1.36. The summed E-state index contributed by atoms with van der Waals surface area (Å²) in [5.74, 6) is 0. The molecule has 0 amide bonds. The van der Waals surface area contributed by atoms with Crippen molar-refractivity contribution in [3.8, 4) is 22.3 Å². The molecule has 38 heavy (non-hydrogen) atoms. The molecule has 0 fully saturated rings. The Labute approximate surface area is 226 Å². The van der Waals surface area contributed by atoms with Gasteiger partial charge in [0.15, 0.2) is 0 Å². The second-order valence-electron chi connectivity index (χ2n) is 9.38. The van der Waals surface area contributed by atoms with Gasteiger partial charge in [0.2, 0.25) is 0 Å². The molecule has 1 nitrogen and oxygen atoms in total. The summed E-state index contributed by atoms with van der Waals surface area (Å²) >= 11 is 1.88. The molecule has 7 rings (SSSR count). The van der Waals surface area contributed by atoms with E-state index in [2.05, 4.69) is 157 Å². The third-order valence-electron chi connectivity index (χ3n) is 7.08. The summed E-state index contributed by atoms with van der Waals surface area (Å²) in [5.41, 5.74) is 8.35. The summed E-state index contributed by atoms with van der Waals surface area (Å²) in [7, 11) is 0. The summed E-state index contributed by atoms with van der Waals surface area (Å²) in [4.78, 5) is 2.35. The van der Waals surface area contributed by atoms with Gasteiger partial charge < -0.3 is 4.90 Å². The standard InChI is InChI=1S/C36H25NS/c1-3-12-26(13-4-1)30-16-7-9-20-34(30)37(28-14-5-2-6-15-28)29-24-22-27(23-25-29)31-18-11-19-33-32-17-8-10-21-35(32)38-36(31)33/h1-25H. The van der Waals surface area contributed by atoms with Crippen LogP contribution in [0.25, 0.3) is 42.4 Å². The van der Waals surface area contributed by atoms with Crippen molar-refractivity contribution in [2.45, 2.75) is 0 Å². The molecule has 2 heteroatoms. The molecular weight excluding hydrogens is 478 g/mol. The van der Waals surface area contributed by atoms with Crippen LogP contribution in [0.4, 0.5) is 17.1 Å². The summed E-state index contributed by atoms with van der Waals surface area (Å²) in [5, 5.41) is 2.66. The monoisotopic (exact) mass is 503 g/mol. The Hall–Kier alpha value is -4.66. The lowest BCUT2D eigenvalue weighted by Gasteiger charge is -2.28. The molecule has 0 unspecified atom stereocenters. The predicted octanol–water partition coefficient (Wildman–Crippen LogP) is 10.9. The van der Waals surface area contributed by atoms with Gasteiger partial charge in [-0.1, -0.05) is 115 Å². The average Bonchev–Trinajstić information content (AvgIpc) is 3.38. The maximum absolute atomic E-state index is 2.35. The van der Waals surface area contributed by atoms with E-state index in [1.807, 2.05) is 11.3 Å². The molecule has 6 aromatic carbocycles. The van der Waals surface area contributed by atoms with Crippen molar-refractivity contribution in [1.29, 1.82) is 0 Å². The van der Waals surface area contributed by atoms with Gasteiger partial charge in [-0.05, 0) is 53.1 Å². The predicted molar refractivity (Wildman–Crippen MR) is 165 cm³/mol. The molecule has 0 saturated heterocycles. The van der Waals surface area contributed by atoms with Crippen LogP contribution in [0.2, 0.25) is 0 Å². The fourth-order valence-corrected chi connectivity index (χ4v) is 6.54. The van der Waals surface area contributed by atoms with Crippen LogP contribution in [0.15, 0.2) is 152 Å². The first-order chi connectivity index (χ1) is 18.9. The van der Waals surface area contributed by atoms with Crippen LogP contribution in [-0.2, 0) is 0 Å². The number of hydrogen-bond acceptors (Lipinski definition) is 2. The van der Waals surface area contributed by atoms with Gasteiger partial charge in [-0.25, -0.2) is 0 Å². The summed E-state index contributed by atoms with van der Waals surface area (Å²) in [6.45, 7) is 0. The minimum atomic E-state index is 1.13. The second kappa shape index (κ2) is 9.66. The van der Waals surface area contributed by atoms with Gasteiger partial charge in [-0.15, -0.1) is 11.3 Å². The first-order valence-corrected chi connectivity index (χ1v) is 13.7. The third kappa shape index (κ3) is 3.96. The van der Waals surface area contributed by atoms with Gasteiger partial charge in [0.1, 0.15) is 0 Å². The number of anilines is 3. The summed E-state index contributed by atoms with van der Waals surface area (Å²) in [6, 6.07) is 54.3. The zero-order valence-corrected chi connectivity index (χ0v) is 21.6. The highest BCUT2D eigenvalue weighted by Gasteiger charge is 2.17. The molecule has 0 aliphatic heterocycles. The second-order valence-corrected chi connectivity index (χ2v) is 10.4. The first-order valence-electron chi connectivity index (χ1n) is 12.9. The minimum absolute atomic E-state index is 1.13. The highest BCUT2D eigenvalue weighted by atomic mass is 32.1. The first kappa shape index (κ1) is 22.5. The fraction of sp³-hybridized carbons (Fsp3) is 0. The maximum atomic E-state index is 2.35. The Morgan fingerprint density at radius 1 is 0.395 bits per heavy atom. The molecular formula is C36H25NS. The Bertz CT molecular complexity index is 1850. The zero-order valence-electron chi connectivity index (χ0n) is 20.8. The normalized spacial score (nSPS) is 11.2. The fourth-order valence-electron chi connectivity index (χ4n) is 5.30. The van der Waals surface area contributed by atoms with Crippen molar-refractivity contribution in [1.82, 2.24) is 0 Å². The molecule has 0 spiro atoms. The van der Waals surface area contributed by atoms with Crippen LogP contribution < -0.4 is 4.90 Å². The molecule has 1 heterocycles. The molecule has 0 bridgehead atoms. The van der Waals surface area contributed by atoms with E-state index in [-0.39, 0.29) is 0 Å². The number of nitrogens with zero attached hydrogens (tertiary/aromatic N) is 1. The van der Waals surface area contributed by atoms with Gasteiger partial charge in [0.05, 0.1) is 5.69 Å². The van der Waals surface area contributed by atoms with Crippen molar-refractivity contribution in [2.24, 2.45) is 0 Å². The number of fused-ring (bicyclic) bond motifs is 3. The van der Waals surface area contributed by atoms with Crippen LogP contribution in [0.5, 0.6) is 0 Å². The van der Waals surface area contributed by atoms with E-state index >= 15 is 0 Å². The van der Waals surface area contributed by atoms with E-state index in [9.17, 15) is 0 Å². The van der Waals surface area contributed by atoms with Crippen molar-refractivity contribution < 1.29 is 0 Å². The lowest BCUT2D eigenvalue weighted by molar-refractivity contribution is 1.28. The molecule has 0 aliphatic rings. The topological polar surface area (TPSA) is 3.24 Å². The Morgan fingerprint density at radius 2 is 0.974 bits per heavy atom. The molecule has 0 radical (unpaired) electrons. The summed E-state index contributed by atoms with van der Waals surface area (Å²) < 4.78 is 2.68. The number of para-hydroxylation sites is 2. The number of hydrogen-bond donors (Lipinski definition) is 0. The van der Waals surface area contributed by atoms with Crippen LogP contribution >= 0.6 is 11.3 Å². The van der Waals surface area contributed by atoms with Crippen molar-refractivity contribution in [3.63, 3.8) is 0 Å². The smallest absolute Gasteiger partial charge is 0.0540 e. The highest BCUT2D eigenvalue weighted by molar-refractivity contribution is 7.26. The molecule has 7 aromatic rings. The number of thiophene rings is 1. The van der Waals surface area contributed by atoms with Gasteiger partial charge in [0.25, 0.3) is 0 Å². The number of rotatable bonds is 5. The van der Waals surface area contributed by atoms with Gasteiger partial charge in [-0.2, -0.15) is 0 Å².